The van der Waals surface area contributed by atoms with E-state index in [-0.39, 0.29) is 24.3 Å². The van der Waals surface area contributed by atoms with E-state index in [0.717, 1.165) is 23.5 Å². The Bertz CT molecular complexity index is 1060. The summed E-state index contributed by atoms with van der Waals surface area (Å²) in [7, 11) is 0. The van der Waals surface area contributed by atoms with Crippen LogP contribution in [-0.4, -0.2) is 39.9 Å². The first-order chi connectivity index (χ1) is 15.6. The third-order valence-corrected chi connectivity index (χ3v) is 5.44. The number of benzene rings is 1. The molecule has 0 atom stereocenters. The van der Waals surface area contributed by atoms with Crippen molar-refractivity contribution in [3.05, 3.63) is 102 Å². The van der Waals surface area contributed by atoms with Crippen molar-refractivity contribution in [2.45, 2.75) is 32.5 Å². The fourth-order valence-corrected chi connectivity index (χ4v) is 3.90. The molecule has 1 aliphatic carbocycles. The molecule has 174 valence electrons. The van der Waals surface area contributed by atoms with Gasteiger partial charge < -0.3 is 14.9 Å². The molecule has 3 rings (SSSR count). The second-order valence-corrected chi connectivity index (χ2v) is 8.07. The number of allylic oxidation sites excluding steroid dienone is 7. The van der Waals surface area contributed by atoms with Crippen LogP contribution in [0.15, 0.2) is 90.5 Å². The van der Waals surface area contributed by atoms with Crippen LogP contribution in [0.5, 0.6) is 0 Å². The van der Waals surface area contributed by atoms with E-state index >= 15 is 0 Å². The predicted octanol–water partition coefficient (Wildman–Crippen LogP) is 6.00. The Morgan fingerprint density at radius 1 is 1.21 bits per heavy atom. The molecule has 0 spiro atoms. The van der Waals surface area contributed by atoms with Crippen molar-refractivity contribution < 1.29 is 23.1 Å². The number of hydrogen-bond donors (Lipinski definition) is 1. The summed E-state index contributed by atoms with van der Waals surface area (Å²) in [6, 6.07) is 4.95. The molecule has 0 saturated heterocycles. The van der Waals surface area contributed by atoms with Crippen molar-refractivity contribution in [3.8, 4) is 0 Å². The highest BCUT2D eigenvalue weighted by Crippen LogP contribution is 2.32. The standard InChI is InChI=1S/C26H27F3N2O2/c1-4-5-6-19(20-7-9-21(10-8-20)26(27,28)29)15-16-30-17-25(33)31(18(2)3)24-14-12-22(32)11-13-23(24)30/h4-13,15,18,32H,1,14,16-17H2,2-3H3/b6-5-,19-15-. The van der Waals surface area contributed by atoms with E-state index in [1.807, 2.05) is 24.8 Å². The first-order valence-electron chi connectivity index (χ1n) is 10.7. The fourth-order valence-electron chi connectivity index (χ4n) is 3.90. The molecule has 1 aromatic rings. The number of alkyl halides is 3. The van der Waals surface area contributed by atoms with Gasteiger partial charge in [0, 0.05) is 24.7 Å². The van der Waals surface area contributed by atoms with Crippen LogP contribution in [0.1, 0.15) is 31.4 Å². The zero-order valence-electron chi connectivity index (χ0n) is 18.6. The molecule has 0 bridgehead atoms. The van der Waals surface area contributed by atoms with E-state index in [9.17, 15) is 23.1 Å². The number of carbonyl (C=O) groups excluding carboxylic acids is 1. The molecule has 0 unspecified atom stereocenters. The molecule has 0 radical (unpaired) electrons. The molecule has 1 aromatic carbocycles. The largest absolute Gasteiger partial charge is 0.508 e. The minimum absolute atomic E-state index is 0.0273. The Balaban J connectivity index is 1.96. The predicted molar refractivity (Wildman–Crippen MR) is 124 cm³/mol. The number of amides is 1. The molecule has 7 heteroatoms. The highest BCUT2D eigenvalue weighted by molar-refractivity contribution is 5.83. The first kappa shape index (κ1) is 24.2. The molecule has 2 aliphatic rings. The number of aliphatic hydroxyl groups is 1. The Morgan fingerprint density at radius 2 is 1.91 bits per heavy atom. The zero-order valence-corrected chi connectivity index (χ0v) is 18.6. The van der Waals surface area contributed by atoms with Gasteiger partial charge in [0.2, 0.25) is 5.91 Å². The SMILES string of the molecule is C=C/C=C\C(=C\CN1CC(=O)N(C(C)C)C2=C1C=CC(O)=CC2)c1ccc(C(F)(F)F)cc1. The summed E-state index contributed by atoms with van der Waals surface area (Å²) >= 11 is 0. The maximum absolute atomic E-state index is 12.9. The summed E-state index contributed by atoms with van der Waals surface area (Å²) < 4.78 is 38.8. The van der Waals surface area contributed by atoms with Crippen molar-refractivity contribution in [1.82, 2.24) is 9.80 Å². The molecule has 1 amide bonds. The van der Waals surface area contributed by atoms with Gasteiger partial charge in [0.05, 0.1) is 17.8 Å². The van der Waals surface area contributed by atoms with Gasteiger partial charge in [0.15, 0.2) is 0 Å². The molecule has 0 aromatic heterocycles. The summed E-state index contributed by atoms with van der Waals surface area (Å²) in [6.45, 7) is 8.06. The number of nitrogens with zero attached hydrogens (tertiary/aromatic N) is 2. The van der Waals surface area contributed by atoms with E-state index in [1.54, 1.807) is 41.4 Å². The molecule has 1 aliphatic heterocycles. The number of rotatable bonds is 6. The smallest absolute Gasteiger partial charge is 0.416 e. The van der Waals surface area contributed by atoms with E-state index < -0.39 is 11.7 Å². The van der Waals surface area contributed by atoms with Crippen LogP contribution in [0, 0.1) is 0 Å². The number of halogens is 3. The second kappa shape index (κ2) is 9.98. The van der Waals surface area contributed by atoms with Crippen LogP contribution in [0.4, 0.5) is 13.2 Å². The van der Waals surface area contributed by atoms with Crippen molar-refractivity contribution >= 4 is 11.5 Å². The van der Waals surface area contributed by atoms with Gasteiger partial charge in [-0.2, -0.15) is 13.2 Å². The maximum atomic E-state index is 12.9. The van der Waals surface area contributed by atoms with Gasteiger partial charge in [-0.15, -0.1) is 0 Å². The Morgan fingerprint density at radius 3 is 2.52 bits per heavy atom. The normalized spacial score (nSPS) is 17.6. The molecule has 0 fully saturated rings. The summed E-state index contributed by atoms with van der Waals surface area (Å²) in [4.78, 5) is 16.6. The topological polar surface area (TPSA) is 43.8 Å². The summed E-state index contributed by atoms with van der Waals surface area (Å²) in [5.41, 5.74) is 2.27. The van der Waals surface area contributed by atoms with Gasteiger partial charge in [-0.05, 0) is 55.3 Å². The average Bonchev–Trinajstić information content (AvgIpc) is 2.95. The lowest BCUT2D eigenvalue weighted by atomic mass is 10.0. The van der Waals surface area contributed by atoms with Gasteiger partial charge >= 0.3 is 6.18 Å². The average molecular weight is 457 g/mol. The third-order valence-electron chi connectivity index (χ3n) is 5.44. The number of carbonyl (C=O) groups is 1. The molecule has 1 N–H and O–H groups in total. The Kier molecular flexibility index (Phi) is 7.31. The Hall–Kier alpha value is -3.48. The lowest BCUT2D eigenvalue weighted by Crippen LogP contribution is -2.48. The van der Waals surface area contributed by atoms with Crippen LogP contribution in [0.2, 0.25) is 0 Å². The summed E-state index contributed by atoms with van der Waals surface area (Å²) in [5, 5.41) is 9.97. The highest BCUT2D eigenvalue weighted by atomic mass is 19.4. The molecular formula is C26H27F3N2O2. The Labute approximate surface area is 192 Å². The first-order valence-corrected chi connectivity index (χ1v) is 10.7. The van der Waals surface area contributed by atoms with E-state index in [2.05, 4.69) is 6.58 Å². The zero-order chi connectivity index (χ0) is 24.2. The molecular weight excluding hydrogens is 429 g/mol. The second-order valence-electron chi connectivity index (χ2n) is 8.07. The summed E-state index contributed by atoms with van der Waals surface area (Å²) in [6.07, 6.45) is 8.02. The summed E-state index contributed by atoms with van der Waals surface area (Å²) in [5.74, 6) is 0.0912. The minimum atomic E-state index is -4.40. The van der Waals surface area contributed by atoms with E-state index in [0.29, 0.717) is 24.1 Å². The van der Waals surface area contributed by atoms with Gasteiger partial charge in [0.1, 0.15) is 5.76 Å². The quantitative estimate of drug-likeness (QED) is 0.534. The van der Waals surface area contributed by atoms with Crippen molar-refractivity contribution in [3.63, 3.8) is 0 Å². The van der Waals surface area contributed by atoms with Crippen molar-refractivity contribution in [2.24, 2.45) is 0 Å². The van der Waals surface area contributed by atoms with Gasteiger partial charge in [-0.3, -0.25) is 4.79 Å². The molecule has 4 nitrogen and oxygen atoms in total. The van der Waals surface area contributed by atoms with Crippen LogP contribution < -0.4 is 0 Å². The van der Waals surface area contributed by atoms with Gasteiger partial charge in [-0.1, -0.05) is 43.0 Å². The maximum Gasteiger partial charge on any atom is 0.416 e. The van der Waals surface area contributed by atoms with Gasteiger partial charge in [0.25, 0.3) is 0 Å². The van der Waals surface area contributed by atoms with Crippen LogP contribution >= 0.6 is 0 Å². The van der Waals surface area contributed by atoms with Crippen LogP contribution in [0.3, 0.4) is 0 Å². The van der Waals surface area contributed by atoms with Gasteiger partial charge in [-0.25, -0.2) is 0 Å². The fraction of sp³-hybridized carbons (Fsp3) is 0.269. The minimum Gasteiger partial charge on any atom is -0.508 e. The van der Waals surface area contributed by atoms with E-state index in [1.165, 1.54) is 12.1 Å². The molecule has 1 heterocycles. The van der Waals surface area contributed by atoms with Crippen molar-refractivity contribution in [1.29, 1.82) is 0 Å². The monoisotopic (exact) mass is 456 g/mol. The van der Waals surface area contributed by atoms with Crippen molar-refractivity contribution in [2.75, 3.05) is 13.1 Å². The van der Waals surface area contributed by atoms with E-state index in [4.69, 9.17) is 0 Å². The van der Waals surface area contributed by atoms with Crippen LogP contribution in [0.25, 0.3) is 5.57 Å². The third kappa shape index (κ3) is 5.66. The van der Waals surface area contributed by atoms with Crippen LogP contribution in [-0.2, 0) is 11.0 Å². The number of hydrogen-bond acceptors (Lipinski definition) is 3. The lowest BCUT2D eigenvalue weighted by Gasteiger charge is -2.40. The number of aliphatic hydroxyl groups excluding tert-OH is 1. The lowest BCUT2D eigenvalue weighted by molar-refractivity contribution is -0.137. The molecule has 0 saturated carbocycles. The molecule has 33 heavy (non-hydrogen) atoms. The highest BCUT2D eigenvalue weighted by Gasteiger charge is 2.32.